The summed E-state index contributed by atoms with van der Waals surface area (Å²) in [5.74, 6) is -0.692. The number of nitrogens with zero attached hydrogens (tertiary/aromatic N) is 4. The molecule has 3 aromatic rings. The fourth-order valence-electron chi connectivity index (χ4n) is 2.11. The van der Waals surface area contributed by atoms with Crippen molar-refractivity contribution in [1.82, 2.24) is 19.7 Å². The summed E-state index contributed by atoms with van der Waals surface area (Å²) in [6.07, 6.45) is 4.21. The number of oxazole rings is 1. The van der Waals surface area contributed by atoms with Gasteiger partial charge in [0.05, 0.1) is 12.8 Å². The smallest absolute Gasteiger partial charge is 0.277 e. The van der Waals surface area contributed by atoms with E-state index in [-0.39, 0.29) is 23.0 Å². The zero-order valence-corrected chi connectivity index (χ0v) is 13.4. The molecule has 3 rings (SSSR count). The normalized spacial score (nSPS) is 10.5. The second-order valence-corrected chi connectivity index (χ2v) is 5.01. The fraction of sp³-hybridized carbons (Fsp3) is 0.133. The zero-order valence-electron chi connectivity index (χ0n) is 13.4. The highest BCUT2D eigenvalue weighted by molar-refractivity contribution is 6.07. The van der Waals surface area contributed by atoms with E-state index in [0.29, 0.717) is 11.4 Å². The molecule has 0 aliphatic carbocycles. The average Bonchev–Trinajstić information content (AvgIpc) is 3.22. The third-order valence-corrected chi connectivity index (χ3v) is 3.24. The van der Waals surface area contributed by atoms with E-state index in [1.165, 1.54) is 30.4 Å². The lowest BCUT2D eigenvalue weighted by atomic mass is 10.2. The number of ether oxygens (including phenoxy) is 1. The van der Waals surface area contributed by atoms with Crippen molar-refractivity contribution in [3.63, 3.8) is 0 Å². The number of amides is 2. The lowest BCUT2D eigenvalue weighted by molar-refractivity contribution is 0.0995. The molecule has 0 bridgehead atoms. The number of methoxy groups -OCH3 is 1. The molecular weight excluding hydrogens is 328 g/mol. The van der Waals surface area contributed by atoms with Crippen molar-refractivity contribution in [2.75, 3.05) is 12.4 Å². The van der Waals surface area contributed by atoms with Crippen LogP contribution in [0.5, 0.6) is 5.88 Å². The first-order chi connectivity index (χ1) is 12.0. The Balaban J connectivity index is 1.82. The van der Waals surface area contributed by atoms with Crippen LogP contribution in [-0.4, -0.2) is 38.7 Å². The molecule has 0 saturated carbocycles. The van der Waals surface area contributed by atoms with E-state index in [9.17, 15) is 9.59 Å². The van der Waals surface area contributed by atoms with Crippen molar-refractivity contribution in [2.24, 2.45) is 12.8 Å². The van der Waals surface area contributed by atoms with Crippen LogP contribution in [0, 0.1) is 0 Å². The number of anilines is 1. The van der Waals surface area contributed by atoms with Crippen LogP contribution in [-0.2, 0) is 7.05 Å². The molecule has 0 spiro atoms. The number of aryl methyl sites for hydroxylation is 1. The molecule has 0 radical (unpaired) electrons. The number of hydrogen-bond acceptors (Lipinski definition) is 7. The Hall–Kier alpha value is -3.69. The monoisotopic (exact) mass is 342 g/mol. The quantitative estimate of drug-likeness (QED) is 0.700. The first-order valence-corrected chi connectivity index (χ1v) is 7.08. The van der Waals surface area contributed by atoms with Crippen LogP contribution in [0.15, 0.2) is 35.2 Å². The molecule has 0 aromatic carbocycles. The predicted octanol–water partition coefficient (Wildman–Crippen LogP) is 0.830. The van der Waals surface area contributed by atoms with E-state index in [2.05, 4.69) is 20.4 Å². The first kappa shape index (κ1) is 16.2. The van der Waals surface area contributed by atoms with Gasteiger partial charge in [0.2, 0.25) is 11.8 Å². The Morgan fingerprint density at radius 1 is 1.40 bits per heavy atom. The van der Waals surface area contributed by atoms with Gasteiger partial charge in [0, 0.05) is 31.1 Å². The van der Waals surface area contributed by atoms with Gasteiger partial charge in [-0.2, -0.15) is 5.10 Å². The maximum Gasteiger partial charge on any atom is 0.277 e. The molecule has 0 atom stereocenters. The highest BCUT2D eigenvalue weighted by Gasteiger charge is 2.19. The summed E-state index contributed by atoms with van der Waals surface area (Å²) in [6, 6.07) is 3.29. The summed E-state index contributed by atoms with van der Waals surface area (Å²) in [5.41, 5.74) is 6.01. The number of pyridine rings is 1. The minimum Gasteiger partial charge on any atom is -0.481 e. The number of primary amides is 1. The average molecular weight is 342 g/mol. The van der Waals surface area contributed by atoms with Crippen LogP contribution in [0.1, 0.15) is 21.0 Å². The largest absolute Gasteiger partial charge is 0.481 e. The molecule has 2 amide bonds. The van der Waals surface area contributed by atoms with Crippen molar-refractivity contribution in [3.8, 4) is 17.3 Å². The van der Waals surface area contributed by atoms with Crippen LogP contribution < -0.4 is 15.8 Å². The van der Waals surface area contributed by atoms with Gasteiger partial charge in [-0.25, -0.2) is 9.97 Å². The first-order valence-electron chi connectivity index (χ1n) is 7.08. The molecule has 0 fully saturated rings. The van der Waals surface area contributed by atoms with Gasteiger partial charge in [-0.05, 0) is 6.07 Å². The van der Waals surface area contributed by atoms with Gasteiger partial charge in [-0.15, -0.1) is 0 Å². The second-order valence-electron chi connectivity index (χ2n) is 5.01. The number of nitrogens with two attached hydrogens (primary N) is 1. The van der Waals surface area contributed by atoms with Crippen molar-refractivity contribution in [2.45, 2.75) is 0 Å². The minimum atomic E-state index is -0.749. The van der Waals surface area contributed by atoms with Gasteiger partial charge in [-0.1, -0.05) is 0 Å². The maximum absolute atomic E-state index is 12.3. The molecule has 25 heavy (non-hydrogen) atoms. The van der Waals surface area contributed by atoms with Crippen LogP contribution in [0.3, 0.4) is 0 Å². The molecular formula is C15H14N6O4. The van der Waals surface area contributed by atoms with Crippen molar-refractivity contribution < 1.29 is 18.7 Å². The molecule has 3 N–H and O–H groups in total. The molecule has 3 aromatic heterocycles. The van der Waals surface area contributed by atoms with E-state index in [1.807, 2.05) is 0 Å². The summed E-state index contributed by atoms with van der Waals surface area (Å²) < 4.78 is 11.7. The Morgan fingerprint density at radius 3 is 2.92 bits per heavy atom. The maximum atomic E-state index is 12.3. The number of rotatable bonds is 5. The molecule has 10 heteroatoms. The summed E-state index contributed by atoms with van der Waals surface area (Å²) in [7, 11) is 3.10. The Labute approximate surface area is 141 Å². The standard InChI is InChI=1S/C15H14N6O4/c1-21-6-9(12(20-21)13(16)22)18-14(23)10-7-25-15(19-10)8-3-4-17-11(5-8)24-2/h3-7H,1-2H3,(H2,16,22)(H,18,23). The summed E-state index contributed by atoms with van der Waals surface area (Å²) in [5, 5.41) is 6.43. The van der Waals surface area contributed by atoms with Gasteiger partial charge < -0.3 is 20.2 Å². The van der Waals surface area contributed by atoms with Gasteiger partial charge >= 0.3 is 0 Å². The number of hydrogen-bond donors (Lipinski definition) is 2. The van der Waals surface area contributed by atoms with E-state index < -0.39 is 11.8 Å². The molecule has 3 heterocycles. The summed E-state index contributed by atoms with van der Waals surface area (Å²) in [6.45, 7) is 0. The third-order valence-electron chi connectivity index (χ3n) is 3.24. The van der Waals surface area contributed by atoms with E-state index in [4.69, 9.17) is 14.9 Å². The topological polar surface area (TPSA) is 138 Å². The molecule has 10 nitrogen and oxygen atoms in total. The number of nitrogens with one attached hydrogen (secondary N) is 1. The van der Waals surface area contributed by atoms with Crippen LogP contribution in [0.25, 0.3) is 11.5 Å². The fourth-order valence-corrected chi connectivity index (χ4v) is 2.11. The number of carbonyl (C=O) groups is 2. The molecule has 0 unspecified atom stereocenters. The van der Waals surface area contributed by atoms with Gasteiger partial charge in [0.25, 0.3) is 11.8 Å². The zero-order chi connectivity index (χ0) is 18.0. The molecule has 128 valence electrons. The van der Waals surface area contributed by atoms with Crippen molar-refractivity contribution >= 4 is 17.5 Å². The number of carbonyl (C=O) groups excluding carboxylic acids is 2. The van der Waals surface area contributed by atoms with Gasteiger partial charge in [0.15, 0.2) is 11.4 Å². The Kier molecular flexibility index (Phi) is 4.16. The van der Waals surface area contributed by atoms with E-state index in [1.54, 1.807) is 19.2 Å². The lowest BCUT2D eigenvalue weighted by Crippen LogP contribution is -2.18. The lowest BCUT2D eigenvalue weighted by Gasteiger charge is -2.00. The highest BCUT2D eigenvalue weighted by Crippen LogP contribution is 2.22. The van der Waals surface area contributed by atoms with E-state index >= 15 is 0 Å². The Bertz CT molecular complexity index is 945. The number of aromatic nitrogens is 4. The molecule has 0 saturated heterocycles. The SMILES string of the molecule is COc1cc(-c2nc(C(=O)Nc3cn(C)nc3C(N)=O)co2)ccn1. The summed E-state index contributed by atoms with van der Waals surface area (Å²) >= 11 is 0. The Morgan fingerprint density at radius 2 is 2.20 bits per heavy atom. The van der Waals surface area contributed by atoms with Crippen molar-refractivity contribution in [3.05, 3.63) is 42.2 Å². The van der Waals surface area contributed by atoms with Gasteiger partial charge in [0.1, 0.15) is 6.26 Å². The van der Waals surface area contributed by atoms with Crippen molar-refractivity contribution in [1.29, 1.82) is 0 Å². The second kappa shape index (κ2) is 6.43. The van der Waals surface area contributed by atoms with Gasteiger partial charge in [-0.3, -0.25) is 14.3 Å². The minimum absolute atomic E-state index is 0.0325. The van der Waals surface area contributed by atoms with E-state index in [0.717, 1.165) is 0 Å². The predicted molar refractivity (Wildman–Crippen MR) is 86.0 cm³/mol. The van der Waals surface area contributed by atoms with Crippen LogP contribution in [0.4, 0.5) is 5.69 Å². The third kappa shape index (κ3) is 3.32. The van der Waals surface area contributed by atoms with Crippen LogP contribution >= 0.6 is 0 Å². The molecule has 0 aliphatic heterocycles. The molecule has 0 aliphatic rings. The summed E-state index contributed by atoms with van der Waals surface area (Å²) in [4.78, 5) is 31.8. The van der Waals surface area contributed by atoms with Crippen LogP contribution in [0.2, 0.25) is 0 Å². The highest BCUT2D eigenvalue weighted by atomic mass is 16.5.